The number of hydrogen-bond donors (Lipinski definition) is 2. The normalized spacial score (nSPS) is 10.2. The number of nitrogens with two attached hydrogens (primary N) is 1. The molecule has 0 saturated heterocycles. The molecule has 0 aliphatic rings. The quantitative estimate of drug-likeness (QED) is 0.819. The summed E-state index contributed by atoms with van der Waals surface area (Å²) in [6.45, 7) is 1.84. The van der Waals surface area contributed by atoms with Crippen molar-refractivity contribution in [2.75, 3.05) is 11.1 Å². The Bertz CT molecular complexity index is 556. The first kappa shape index (κ1) is 11.8. The van der Waals surface area contributed by atoms with Gasteiger partial charge >= 0.3 is 0 Å². The number of nitrogens with one attached hydrogen (secondary N) is 1. The smallest absolute Gasteiger partial charge is 0.269 e. The van der Waals surface area contributed by atoms with Crippen molar-refractivity contribution in [1.29, 1.82) is 0 Å². The van der Waals surface area contributed by atoms with E-state index in [1.165, 1.54) is 6.20 Å². The molecular formula is C10H9ClN4OS. The molecular weight excluding hydrogens is 260 g/mol. The molecule has 0 saturated carbocycles. The zero-order chi connectivity index (χ0) is 12.4. The number of hydrogen-bond acceptors (Lipinski definition) is 5. The van der Waals surface area contributed by atoms with E-state index in [1.807, 2.05) is 6.92 Å². The maximum atomic E-state index is 11.8. The average Bonchev–Trinajstić information content (AvgIpc) is 2.79. The summed E-state index contributed by atoms with van der Waals surface area (Å²) in [5, 5.41) is 6.74. The molecule has 0 fully saturated rings. The lowest BCUT2D eigenvalue weighted by Gasteiger charge is -2.09. The van der Waals surface area contributed by atoms with Crippen LogP contribution < -0.4 is 11.1 Å². The molecule has 1 aromatic heterocycles. The molecule has 3 N–H and O–H groups in total. The molecule has 0 atom stereocenters. The van der Waals surface area contributed by atoms with Gasteiger partial charge in [0.25, 0.3) is 5.91 Å². The third-order valence-electron chi connectivity index (χ3n) is 2.18. The Morgan fingerprint density at radius 3 is 2.94 bits per heavy atom. The number of benzene rings is 1. The topological polar surface area (TPSA) is 80.9 Å². The van der Waals surface area contributed by atoms with Crippen molar-refractivity contribution in [3.05, 3.63) is 33.8 Å². The fraction of sp³-hybridized carbons (Fsp3) is 0.100. The summed E-state index contributed by atoms with van der Waals surface area (Å²) in [4.78, 5) is 12.2. The Morgan fingerprint density at radius 1 is 1.53 bits per heavy atom. The van der Waals surface area contributed by atoms with Gasteiger partial charge < -0.3 is 11.1 Å². The maximum Gasteiger partial charge on any atom is 0.269 e. The Labute approximate surface area is 107 Å². The molecule has 1 amide bonds. The van der Waals surface area contributed by atoms with Crippen molar-refractivity contribution in [2.45, 2.75) is 6.92 Å². The average molecular weight is 269 g/mol. The molecule has 17 heavy (non-hydrogen) atoms. The molecule has 0 bridgehead atoms. The number of aromatic nitrogens is 2. The van der Waals surface area contributed by atoms with Gasteiger partial charge in [-0.05, 0) is 36.2 Å². The lowest BCUT2D eigenvalue weighted by molar-refractivity contribution is 0.103. The summed E-state index contributed by atoms with van der Waals surface area (Å²) in [6.07, 6.45) is 1.41. The number of rotatable bonds is 2. The van der Waals surface area contributed by atoms with Gasteiger partial charge in [0.05, 0.1) is 16.9 Å². The number of carbonyl (C=O) groups is 1. The van der Waals surface area contributed by atoms with E-state index >= 15 is 0 Å². The number of nitrogens with zero attached hydrogens (tertiary/aromatic N) is 2. The summed E-state index contributed by atoms with van der Waals surface area (Å²) in [5.41, 5.74) is 7.61. The van der Waals surface area contributed by atoms with E-state index in [9.17, 15) is 4.79 Å². The Morgan fingerprint density at radius 2 is 2.29 bits per heavy atom. The molecule has 0 unspecified atom stereocenters. The van der Waals surface area contributed by atoms with Gasteiger partial charge in [-0.3, -0.25) is 4.79 Å². The summed E-state index contributed by atoms with van der Waals surface area (Å²) < 4.78 is 3.62. The second-order valence-electron chi connectivity index (χ2n) is 3.42. The number of halogens is 1. The Kier molecular flexibility index (Phi) is 3.26. The molecule has 1 aromatic carbocycles. The zero-order valence-corrected chi connectivity index (χ0v) is 10.5. The standard InChI is InChI=1S/C10H9ClN4OS/c1-5-2-7(12)6(11)3-8(5)14-10(16)9-4-13-15-17-9/h2-4H,12H2,1H3,(H,14,16). The van der Waals surface area contributed by atoms with E-state index in [2.05, 4.69) is 14.9 Å². The molecule has 2 rings (SSSR count). The second kappa shape index (κ2) is 4.68. The molecule has 2 aromatic rings. The zero-order valence-electron chi connectivity index (χ0n) is 8.90. The summed E-state index contributed by atoms with van der Waals surface area (Å²) in [5.74, 6) is -0.260. The Hall–Kier alpha value is -1.66. The first-order valence-corrected chi connectivity index (χ1v) is 5.87. The van der Waals surface area contributed by atoms with Crippen LogP contribution in [0.15, 0.2) is 18.3 Å². The van der Waals surface area contributed by atoms with Crippen LogP contribution in [0.1, 0.15) is 15.2 Å². The summed E-state index contributed by atoms with van der Waals surface area (Å²) in [6, 6.07) is 3.33. The first-order chi connectivity index (χ1) is 8.08. The SMILES string of the molecule is Cc1cc(N)c(Cl)cc1NC(=O)c1cnns1. The van der Waals surface area contributed by atoms with Crippen LogP contribution >= 0.6 is 23.1 Å². The number of aryl methyl sites for hydroxylation is 1. The van der Waals surface area contributed by atoms with Crippen LogP contribution in [0, 0.1) is 6.92 Å². The van der Waals surface area contributed by atoms with Gasteiger partial charge in [-0.25, -0.2) is 0 Å². The summed E-state index contributed by atoms with van der Waals surface area (Å²) >= 11 is 6.93. The van der Waals surface area contributed by atoms with Crippen molar-refractivity contribution < 1.29 is 4.79 Å². The van der Waals surface area contributed by atoms with Crippen LogP contribution in [0.25, 0.3) is 0 Å². The van der Waals surface area contributed by atoms with Crippen LogP contribution in [-0.2, 0) is 0 Å². The molecule has 7 heteroatoms. The predicted molar refractivity (Wildman–Crippen MR) is 68.5 cm³/mol. The number of carbonyl (C=O) groups excluding carboxylic acids is 1. The first-order valence-electron chi connectivity index (χ1n) is 4.72. The minimum Gasteiger partial charge on any atom is -0.398 e. The molecule has 5 nitrogen and oxygen atoms in total. The Balaban J connectivity index is 2.25. The van der Waals surface area contributed by atoms with Gasteiger partial charge in [0.15, 0.2) is 0 Å². The van der Waals surface area contributed by atoms with Crippen LogP contribution in [0.4, 0.5) is 11.4 Å². The van der Waals surface area contributed by atoms with Gasteiger partial charge in [0, 0.05) is 5.69 Å². The van der Waals surface area contributed by atoms with E-state index in [4.69, 9.17) is 17.3 Å². The van der Waals surface area contributed by atoms with E-state index in [1.54, 1.807) is 12.1 Å². The fourth-order valence-electron chi connectivity index (χ4n) is 1.29. The minimum absolute atomic E-state index is 0.260. The van der Waals surface area contributed by atoms with Gasteiger partial charge in [-0.2, -0.15) is 0 Å². The minimum atomic E-state index is -0.260. The van der Waals surface area contributed by atoms with Crippen molar-refractivity contribution in [1.82, 2.24) is 9.59 Å². The third-order valence-corrected chi connectivity index (χ3v) is 3.17. The predicted octanol–water partition coefficient (Wildman–Crippen LogP) is 2.33. The van der Waals surface area contributed by atoms with Crippen molar-refractivity contribution in [3.8, 4) is 0 Å². The molecule has 1 heterocycles. The van der Waals surface area contributed by atoms with E-state index in [-0.39, 0.29) is 5.91 Å². The summed E-state index contributed by atoms with van der Waals surface area (Å²) in [7, 11) is 0. The molecule has 0 aliphatic heterocycles. The van der Waals surface area contributed by atoms with Crippen molar-refractivity contribution in [2.24, 2.45) is 0 Å². The van der Waals surface area contributed by atoms with Crippen molar-refractivity contribution in [3.63, 3.8) is 0 Å². The number of nitrogen functional groups attached to an aromatic ring is 1. The fourth-order valence-corrected chi connectivity index (χ4v) is 1.86. The molecule has 0 aliphatic carbocycles. The highest BCUT2D eigenvalue weighted by atomic mass is 35.5. The number of amides is 1. The third kappa shape index (κ3) is 2.54. The highest BCUT2D eigenvalue weighted by Crippen LogP contribution is 2.27. The van der Waals surface area contributed by atoms with Crippen LogP contribution in [0.5, 0.6) is 0 Å². The second-order valence-corrected chi connectivity index (χ2v) is 4.62. The van der Waals surface area contributed by atoms with Gasteiger partial charge in [0.2, 0.25) is 0 Å². The highest BCUT2D eigenvalue weighted by Gasteiger charge is 2.11. The maximum absolute atomic E-state index is 11.8. The lowest BCUT2D eigenvalue weighted by Crippen LogP contribution is -2.11. The van der Waals surface area contributed by atoms with E-state index < -0.39 is 0 Å². The van der Waals surface area contributed by atoms with Gasteiger partial charge in [-0.15, -0.1) is 5.10 Å². The molecule has 88 valence electrons. The lowest BCUT2D eigenvalue weighted by atomic mass is 10.2. The monoisotopic (exact) mass is 268 g/mol. The van der Waals surface area contributed by atoms with E-state index in [0.29, 0.717) is 21.3 Å². The van der Waals surface area contributed by atoms with Crippen LogP contribution in [0.3, 0.4) is 0 Å². The van der Waals surface area contributed by atoms with Gasteiger partial charge in [-0.1, -0.05) is 16.1 Å². The number of anilines is 2. The molecule has 0 radical (unpaired) electrons. The molecule has 0 spiro atoms. The van der Waals surface area contributed by atoms with Crippen LogP contribution in [0.2, 0.25) is 5.02 Å². The van der Waals surface area contributed by atoms with Gasteiger partial charge in [0.1, 0.15) is 4.88 Å². The van der Waals surface area contributed by atoms with Crippen molar-refractivity contribution >= 4 is 40.4 Å². The largest absolute Gasteiger partial charge is 0.398 e. The van der Waals surface area contributed by atoms with Crippen LogP contribution in [-0.4, -0.2) is 15.5 Å². The van der Waals surface area contributed by atoms with E-state index in [0.717, 1.165) is 17.1 Å². The highest BCUT2D eigenvalue weighted by molar-refractivity contribution is 7.07.